The van der Waals surface area contributed by atoms with Crippen LogP contribution in [0.25, 0.3) is 10.2 Å². The van der Waals surface area contributed by atoms with Gasteiger partial charge in [0.05, 0.1) is 10.3 Å². The van der Waals surface area contributed by atoms with Crippen LogP contribution in [0.4, 0.5) is 5.82 Å². The first-order valence-electron chi connectivity index (χ1n) is 9.63. The standard InChI is InChI=1S/C21H28N4OS/c1-6-7-22-17-15-13(2)16(27-18(15)24-12-23-17)19(26)25-11-21(5)9-14(25)8-20(3,4)10-21/h6,12,14H,1,7-11H2,2-5H3,(H,22,23,24)/t14-,21+/m0/s1. The van der Waals surface area contributed by atoms with E-state index in [2.05, 4.69) is 47.5 Å². The summed E-state index contributed by atoms with van der Waals surface area (Å²) >= 11 is 1.49. The van der Waals surface area contributed by atoms with Crippen LogP contribution in [0.3, 0.4) is 0 Å². The van der Waals surface area contributed by atoms with Gasteiger partial charge in [0.15, 0.2) is 0 Å². The van der Waals surface area contributed by atoms with Gasteiger partial charge in [-0.2, -0.15) is 0 Å². The van der Waals surface area contributed by atoms with Gasteiger partial charge >= 0.3 is 0 Å². The number of rotatable bonds is 4. The summed E-state index contributed by atoms with van der Waals surface area (Å²) in [6.45, 7) is 14.3. The summed E-state index contributed by atoms with van der Waals surface area (Å²) in [5.74, 6) is 0.942. The largest absolute Gasteiger partial charge is 0.366 e. The van der Waals surface area contributed by atoms with Crippen LogP contribution in [0.1, 0.15) is 55.3 Å². The third-order valence-corrected chi connectivity index (χ3v) is 7.20. The van der Waals surface area contributed by atoms with Crippen molar-refractivity contribution in [1.82, 2.24) is 14.9 Å². The fourth-order valence-electron chi connectivity index (χ4n) is 5.41. The molecule has 2 atom stereocenters. The number of anilines is 1. The summed E-state index contributed by atoms with van der Waals surface area (Å²) in [6.07, 6.45) is 6.76. The van der Waals surface area contributed by atoms with Gasteiger partial charge in [0.1, 0.15) is 17.0 Å². The maximum atomic E-state index is 13.5. The van der Waals surface area contributed by atoms with E-state index in [0.29, 0.717) is 18.0 Å². The molecule has 2 aromatic heterocycles. The van der Waals surface area contributed by atoms with E-state index < -0.39 is 0 Å². The number of carbonyl (C=O) groups excluding carboxylic acids is 1. The van der Waals surface area contributed by atoms with Crippen LogP contribution in [0, 0.1) is 17.8 Å². The Bertz CT molecular complexity index is 918. The van der Waals surface area contributed by atoms with E-state index in [1.165, 1.54) is 17.8 Å². The monoisotopic (exact) mass is 384 g/mol. The maximum Gasteiger partial charge on any atom is 0.264 e. The zero-order valence-corrected chi connectivity index (χ0v) is 17.4. The Kier molecular flexibility index (Phi) is 4.29. The van der Waals surface area contributed by atoms with Crippen LogP contribution < -0.4 is 5.32 Å². The SMILES string of the molecule is C=CCNc1ncnc2sc(C(=O)N3C[C@]4(C)C[C@@H]3CC(C)(C)C4)c(C)c12. The summed E-state index contributed by atoms with van der Waals surface area (Å²) < 4.78 is 0. The van der Waals surface area contributed by atoms with Crippen molar-refractivity contribution in [3.8, 4) is 0 Å². The highest BCUT2D eigenvalue weighted by atomic mass is 32.1. The Morgan fingerprint density at radius 3 is 2.93 bits per heavy atom. The van der Waals surface area contributed by atoms with Crippen LogP contribution in [0.5, 0.6) is 0 Å². The lowest BCUT2D eigenvalue weighted by atomic mass is 9.65. The Balaban J connectivity index is 1.70. The third-order valence-electron chi connectivity index (χ3n) is 6.01. The van der Waals surface area contributed by atoms with Gasteiger partial charge in [-0.15, -0.1) is 17.9 Å². The first-order valence-corrected chi connectivity index (χ1v) is 10.4. The van der Waals surface area contributed by atoms with E-state index >= 15 is 0 Å². The fraction of sp³-hybridized carbons (Fsp3) is 0.571. The lowest BCUT2D eigenvalue weighted by Gasteiger charge is -2.39. The lowest BCUT2D eigenvalue weighted by molar-refractivity contribution is 0.0712. The minimum Gasteiger partial charge on any atom is -0.366 e. The van der Waals surface area contributed by atoms with Gasteiger partial charge in [-0.3, -0.25) is 4.79 Å². The molecule has 2 fully saturated rings. The smallest absolute Gasteiger partial charge is 0.264 e. The predicted molar refractivity (Wildman–Crippen MR) is 111 cm³/mol. The highest BCUT2D eigenvalue weighted by Gasteiger charge is 2.51. The Morgan fingerprint density at radius 2 is 2.19 bits per heavy atom. The van der Waals surface area contributed by atoms with Gasteiger partial charge in [-0.25, -0.2) is 9.97 Å². The molecule has 1 saturated heterocycles. The quantitative estimate of drug-likeness (QED) is 0.780. The minimum absolute atomic E-state index is 0.164. The Labute approximate surface area is 164 Å². The number of carbonyl (C=O) groups is 1. The third kappa shape index (κ3) is 3.14. The maximum absolute atomic E-state index is 13.5. The average molecular weight is 385 g/mol. The molecule has 5 nitrogen and oxygen atoms in total. The molecular weight excluding hydrogens is 356 g/mol. The van der Waals surface area contributed by atoms with Crippen LogP contribution in [0.15, 0.2) is 19.0 Å². The zero-order chi connectivity index (χ0) is 19.4. The minimum atomic E-state index is 0.164. The number of nitrogens with one attached hydrogen (secondary N) is 1. The van der Waals surface area contributed by atoms with E-state index in [4.69, 9.17) is 0 Å². The molecule has 3 heterocycles. The Morgan fingerprint density at radius 1 is 1.41 bits per heavy atom. The van der Waals surface area contributed by atoms with Crippen molar-refractivity contribution in [3.05, 3.63) is 29.4 Å². The number of thiophene rings is 1. The topological polar surface area (TPSA) is 58.1 Å². The average Bonchev–Trinajstić information content (AvgIpc) is 3.05. The number of fused-ring (bicyclic) bond motifs is 3. The lowest BCUT2D eigenvalue weighted by Crippen LogP contribution is -2.37. The fourth-order valence-corrected chi connectivity index (χ4v) is 6.51. The second-order valence-electron chi connectivity index (χ2n) is 9.27. The molecule has 1 aliphatic carbocycles. The van der Waals surface area contributed by atoms with Crippen LogP contribution >= 0.6 is 11.3 Å². The summed E-state index contributed by atoms with van der Waals surface area (Å²) in [6, 6.07) is 0.348. The molecule has 1 amide bonds. The molecule has 0 spiro atoms. The molecule has 4 rings (SSSR count). The summed E-state index contributed by atoms with van der Waals surface area (Å²) in [4.78, 5) is 26.1. The molecule has 1 saturated carbocycles. The van der Waals surface area contributed by atoms with Gasteiger partial charge in [-0.05, 0) is 42.6 Å². The van der Waals surface area contributed by atoms with Crippen molar-refractivity contribution in [3.63, 3.8) is 0 Å². The molecule has 2 aromatic rings. The molecule has 0 aromatic carbocycles. The molecule has 2 bridgehead atoms. The number of hydrogen-bond acceptors (Lipinski definition) is 5. The van der Waals surface area contributed by atoms with Gasteiger partial charge in [-0.1, -0.05) is 26.8 Å². The molecule has 1 N–H and O–H groups in total. The first kappa shape index (κ1) is 18.4. The Hall–Kier alpha value is -1.95. The molecule has 6 heteroatoms. The van der Waals surface area contributed by atoms with Crippen LogP contribution in [0.2, 0.25) is 0 Å². The summed E-state index contributed by atoms with van der Waals surface area (Å²) in [5, 5.41) is 4.23. The van der Waals surface area contributed by atoms with Gasteiger partial charge in [0.2, 0.25) is 0 Å². The number of hydrogen-bond donors (Lipinski definition) is 1. The highest BCUT2D eigenvalue weighted by molar-refractivity contribution is 7.20. The zero-order valence-electron chi connectivity index (χ0n) is 16.6. The number of nitrogens with zero attached hydrogens (tertiary/aromatic N) is 3. The molecule has 0 radical (unpaired) electrons. The van der Waals surface area contributed by atoms with Crippen LogP contribution in [-0.4, -0.2) is 39.9 Å². The molecule has 144 valence electrons. The van der Waals surface area contributed by atoms with E-state index in [0.717, 1.165) is 45.9 Å². The molecule has 1 aliphatic heterocycles. The summed E-state index contributed by atoms with van der Waals surface area (Å²) in [5.41, 5.74) is 1.52. The molecule has 27 heavy (non-hydrogen) atoms. The normalized spacial score (nSPS) is 26.4. The highest BCUT2D eigenvalue weighted by Crippen LogP contribution is 2.53. The molecule has 0 unspecified atom stereocenters. The number of aromatic nitrogens is 2. The number of amides is 1. The van der Waals surface area contributed by atoms with Gasteiger partial charge < -0.3 is 10.2 Å². The van der Waals surface area contributed by atoms with Crippen molar-refractivity contribution in [2.75, 3.05) is 18.4 Å². The van der Waals surface area contributed by atoms with Crippen molar-refractivity contribution in [1.29, 1.82) is 0 Å². The van der Waals surface area contributed by atoms with Gasteiger partial charge in [0, 0.05) is 19.1 Å². The van der Waals surface area contributed by atoms with E-state index in [1.807, 2.05) is 6.92 Å². The summed E-state index contributed by atoms with van der Waals surface area (Å²) in [7, 11) is 0. The van der Waals surface area contributed by atoms with E-state index in [9.17, 15) is 4.79 Å². The second kappa shape index (κ2) is 6.30. The molecule has 2 aliphatic rings. The van der Waals surface area contributed by atoms with Crippen molar-refractivity contribution in [2.24, 2.45) is 10.8 Å². The van der Waals surface area contributed by atoms with Gasteiger partial charge in [0.25, 0.3) is 5.91 Å². The van der Waals surface area contributed by atoms with Crippen molar-refractivity contribution < 1.29 is 4.79 Å². The number of aryl methyl sites for hydroxylation is 1. The van der Waals surface area contributed by atoms with E-state index in [-0.39, 0.29) is 11.3 Å². The van der Waals surface area contributed by atoms with Crippen LogP contribution in [-0.2, 0) is 0 Å². The number of likely N-dealkylation sites (tertiary alicyclic amines) is 1. The van der Waals surface area contributed by atoms with Crippen molar-refractivity contribution in [2.45, 2.75) is 53.0 Å². The van der Waals surface area contributed by atoms with Crippen molar-refractivity contribution >= 4 is 33.3 Å². The molecular formula is C21H28N4OS. The predicted octanol–water partition coefficient (Wildman–Crippen LogP) is 4.64. The second-order valence-corrected chi connectivity index (χ2v) is 10.3. The first-order chi connectivity index (χ1) is 12.7. The van der Waals surface area contributed by atoms with E-state index in [1.54, 1.807) is 12.4 Å².